The summed E-state index contributed by atoms with van der Waals surface area (Å²) < 4.78 is 2.38. The topological polar surface area (TPSA) is 17.3 Å². The maximum Gasteiger partial charge on any atom is 0.145 e. The summed E-state index contributed by atoms with van der Waals surface area (Å²) in [5.41, 5.74) is 7.88. The Morgan fingerprint density at radius 3 is 2.71 bits per heavy atom. The summed E-state index contributed by atoms with van der Waals surface area (Å²) in [6.07, 6.45) is 2.06. The predicted molar refractivity (Wildman–Crippen MR) is 99.7 cm³/mol. The van der Waals surface area contributed by atoms with E-state index in [-0.39, 0.29) is 0 Å². The summed E-state index contributed by atoms with van der Waals surface area (Å²) in [5.74, 6) is 0.868. The molecule has 0 aliphatic carbocycles. The molecule has 118 valence electrons. The fraction of sp³-hybridized carbons (Fsp3) is 0.227. The lowest BCUT2D eigenvalue weighted by Gasteiger charge is -2.28. The van der Waals surface area contributed by atoms with Gasteiger partial charge in [0.1, 0.15) is 5.65 Å². The van der Waals surface area contributed by atoms with Gasteiger partial charge in [0.05, 0.1) is 11.9 Å². The van der Waals surface area contributed by atoms with Crippen LogP contribution in [0.4, 0.5) is 0 Å². The molecule has 3 heterocycles. The quantitative estimate of drug-likeness (QED) is 0.438. The summed E-state index contributed by atoms with van der Waals surface area (Å²) in [7, 11) is 0. The second-order valence-corrected chi connectivity index (χ2v) is 7.15. The molecule has 2 heteroatoms. The second-order valence-electron chi connectivity index (χ2n) is 7.15. The van der Waals surface area contributed by atoms with Crippen LogP contribution in [0.15, 0.2) is 54.7 Å². The van der Waals surface area contributed by atoms with E-state index >= 15 is 0 Å². The van der Waals surface area contributed by atoms with Gasteiger partial charge in [0.2, 0.25) is 0 Å². The Hall–Kier alpha value is -2.61. The van der Waals surface area contributed by atoms with Crippen LogP contribution in [-0.2, 0) is 0 Å². The van der Waals surface area contributed by atoms with Crippen LogP contribution in [-0.4, -0.2) is 9.38 Å². The molecule has 2 aromatic carbocycles. The van der Waals surface area contributed by atoms with Crippen molar-refractivity contribution in [2.45, 2.75) is 32.6 Å². The molecule has 1 unspecified atom stereocenters. The predicted octanol–water partition coefficient (Wildman–Crippen LogP) is 5.74. The molecule has 0 fully saturated rings. The lowest BCUT2D eigenvalue weighted by atomic mass is 9.83. The number of benzene rings is 2. The van der Waals surface area contributed by atoms with Gasteiger partial charge in [0, 0.05) is 22.6 Å². The molecule has 0 saturated heterocycles. The summed E-state index contributed by atoms with van der Waals surface area (Å²) in [5, 5.41) is 2.50. The van der Waals surface area contributed by atoms with Gasteiger partial charge in [0.25, 0.3) is 0 Å². The number of aromatic nitrogens is 2. The zero-order valence-corrected chi connectivity index (χ0v) is 14.2. The van der Waals surface area contributed by atoms with Crippen molar-refractivity contribution in [1.82, 2.24) is 9.38 Å². The highest BCUT2D eigenvalue weighted by atomic mass is 15.0. The van der Waals surface area contributed by atoms with Crippen molar-refractivity contribution in [2.75, 3.05) is 0 Å². The van der Waals surface area contributed by atoms with Crippen LogP contribution in [0.25, 0.3) is 27.7 Å². The zero-order chi connectivity index (χ0) is 16.4. The van der Waals surface area contributed by atoms with Gasteiger partial charge < -0.3 is 0 Å². The standard InChI is InChI=1S/C22H20N2/c1-13(2)16-9-6-10-17-14(3)19-11-15-7-4-5-8-18(15)22-23-12-20(21(16)17)24(19)22/h4-14H,1-3H3. The summed E-state index contributed by atoms with van der Waals surface area (Å²) in [6.45, 7) is 6.86. The number of imidazole rings is 1. The fourth-order valence-electron chi connectivity index (χ4n) is 4.23. The van der Waals surface area contributed by atoms with E-state index in [2.05, 4.69) is 79.9 Å². The van der Waals surface area contributed by atoms with E-state index in [1.165, 1.54) is 38.9 Å². The first-order chi connectivity index (χ1) is 11.7. The fourth-order valence-corrected chi connectivity index (χ4v) is 4.23. The molecule has 4 aromatic rings. The van der Waals surface area contributed by atoms with Gasteiger partial charge in [-0.15, -0.1) is 0 Å². The third kappa shape index (κ3) is 1.63. The Labute approximate surface area is 141 Å². The average Bonchev–Trinajstić information content (AvgIpc) is 3.04. The maximum absolute atomic E-state index is 4.82. The first kappa shape index (κ1) is 13.8. The van der Waals surface area contributed by atoms with Gasteiger partial charge in [-0.05, 0) is 28.5 Å². The van der Waals surface area contributed by atoms with E-state index in [1.54, 1.807) is 0 Å². The number of rotatable bonds is 1. The molecule has 1 aliphatic heterocycles. The Balaban J connectivity index is 1.98. The van der Waals surface area contributed by atoms with Gasteiger partial charge in [-0.3, -0.25) is 4.40 Å². The van der Waals surface area contributed by atoms with Crippen molar-refractivity contribution in [3.8, 4) is 11.3 Å². The minimum atomic E-state index is 0.368. The van der Waals surface area contributed by atoms with E-state index in [0.717, 1.165) is 5.65 Å². The number of hydrogen-bond donors (Lipinski definition) is 0. The van der Waals surface area contributed by atoms with Crippen LogP contribution in [0, 0.1) is 0 Å². The summed E-state index contributed by atoms with van der Waals surface area (Å²) >= 11 is 0. The van der Waals surface area contributed by atoms with Gasteiger partial charge in [-0.1, -0.05) is 63.2 Å². The van der Waals surface area contributed by atoms with Crippen LogP contribution in [0.1, 0.15) is 49.4 Å². The number of nitrogens with zero attached hydrogens (tertiary/aromatic N) is 2. The van der Waals surface area contributed by atoms with Crippen LogP contribution in [0.3, 0.4) is 0 Å². The van der Waals surface area contributed by atoms with E-state index in [1.807, 2.05) is 0 Å². The molecule has 2 nitrogen and oxygen atoms in total. The lowest BCUT2D eigenvalue weighted by Crippen LogP contribution is -2.13. The molecule has 0 bridgehead atoms. The van der Waals surface area contributed by atoms with E-state index in [9.17, 15) is 0 Å². The third-order valence-electron chi connectivity index (χ3n) is 5.44. The zero-order valence-electron chi connectivity index (χ0n) is 14.2. The molecule has 0 spiro atoms. The molecule has 24 heavy (non-hydrogen) atoms. The molecular formula is C22H20N2. The monoisotopic (exact) mass is 312 g/mol. The molecule has 0 saturated carbocycles. The molecule has 5 rings (SSSR count). The molecule has 0 amide bonds. The largest absolute Gasteiger partial charge is 0.295 e. The lowest BCUT2D eigenvalue weighted by molar-refractivity contribution is 0.809. The minimum Gasteiger partial charge on any atom is -0.295 e. The molecule has 2 aromatic heterocycles. The van der Waals surface area contributed by atoms with Crippen molar-refractivity contribution in [3.63, 3.8) is 0 Å². The van der Waals surface area contributed by atoms with Crippen molar-refractivity contribution in [2.24, 2.45) is 0 Å². The van der Waals surface area contributed by atoms with Gasteiger partial charge in [-0.25, -0.2) is 4.98 Å². The molecule has 0 radical (unpaired) electrons. The highest BCUT2D eigenvalue weighted by Gasteiger charge is 2.28. The number of fused-ring (bicyclic) bond motifs is 4. The summed E-state index contributed by atoms with van der Waals surface area (Å²) in [4.78, 5) is 4.82. The van der Waals surface area contributed by atoms with Crippen molar-refractivity contribution >= 4 is 16.4 Å². The first-order valence-corrected chi connectivity index (χ1v) is 8.69. The van der Waals surface area contributed by atoms with E-state index in [0.29, 0.717) is 11.8 Å². The van der Waals surface area contributed by atoms with Gasteiger partial charge >= 0.3 is 0 Å². The maximum atomic E-state index is 4.82. The number of pyridine rings is 1. The minimum absolute atomic E-state index is 0.368. The Bertz CT molecular complexity index is 1100. The second kappa shape index (κ2) is 4.70. The van der Waals surface area contributed by atoms with Crippen molar-refractivity contribution in [1.29, 1.82) is 0 Å². The highest BCUT2D eigenvalue weighted by Crippen LogP contribution is 2.44. The highest BCUT2D eigenvalue weighted by molar-refractivity contribution is 5.96. The number of hydrogen-bond acceptors (Lipinski definition) is 1. The van der Waals surface area contributed by atoms with Gasteiger partial charge in [-0.2, -0.15) is 0 Å². The molecule has 1 atom stereocenters. The van der Waals surface area contributed by atoms with Crippen LogP contribution in [0.5, 0.6) is 0 Å². The van der Waals surface area contributed by atoms with Crippen molar-refractivity contribution < 1.29 is 0 Å². The molecule has 0 N–H and O–H groups in total. The SMILES string of the molecule is CC(C)c1cccc2c1-c1cnc3c4ccccc4cc(n13)C2C. The normalized spacial score (nSPS) is 16.1. The Morgan fingerprint density at radius 2 is 1.88 bits per heavy atom. The third-order valence-corrected chi connectivity index (χ3v) is 5.44. The van der Waals surface area contributed by atoms with Gasteiger partial charge in [0.15, 0.2) is 0 Å². The molecule has 1 aliphatic rings. The van der Waals surface area contributed by atoms with Crippen LogP contribution in [0.2, 0.25) is 0 Å². The van der Waals surface area contributed by atoms with Crippen LogP contribution >= 0.6 is 0 Å². The van der Waals surface area contributed by atoms with E-state index in [4.69, 9.17) is 4.98 Å². The smallest absolute Gasteiger partial charge is 0.145 e. The van der Waals surface area contributed by atoms with Crippen molar-refractivity contribution in [3.05, 3.63) is 71.5 Å². The summed E-state index contributed by atoms with van der Waals surface area (Å²) in [6, 6.07) is 17.6. The Kier molecular flexibility index (Phi) is 2.70. The van der Waals surface area contributed by atoms with Crippen LogP contribution < -0.4 is 0 Å². The average molecular weight is 312 g/mol. The first-order valence-electron chi connectivity index (χ1n) is 8.69. The van der Waals surface area contributed by atoms with E-state index < -0.39 is 0 Å². The molecular weight excluding hydrogens is 292 g/mol. The Morgan fingerprint density at radius 1 is 1.04 bits per heavy atom.